The molecule has 1 aliphatic rings. The predicted molar refractivity (Wildman–Crippen MR) is 63.1 cm³/mol. The third-order valence-electron chi connectivity index (χ3n) is 3.33. The first-order chi connectivity index (χ1) is 8.34. The molecule has 18 heavy (non-hydrogen) atoms. The number of hydrogen-bond donors (Lipinski definition) is 2. The minimum atomic E-state index is -4.19. The van der Waals surface area contributed by atoms with Crippen LogP contribution in [0.5, 0.6) is 0 Å². The van der Waals surface area contributed by atoms with Crippen LogP contribution in [0.25, 0.3) is 0 Å². The molecule has 3 nitrogen and oxygen atoms in total. The van der Waals surface area contributed by atoms with Crippen molar-refractivity contribution in [2.75, 3.05) is 6.54 Å². The quantitative estimate of drug-likeness (QED) is 0.819. The second kappa shape index (κ2) is 6.41. The summed E-state index contributed by atoms with van der Waals surface area (Å²) < 4.78 is 37.2. The first kappa shape index (κ1) is 15.3. The van der Waals surface area contributed by atoms with E-state index in [1.165, 1.54) is 0 Å². The van der Waals surface area contributed by atoms with Gasteiger partial charge in [-0.2, -0.15) is 13.2 Å². The fourth-order valence-electron chi connectivity index (χ4n) is 2.17. The molecule has 1 rings (SSSR count). The van der Waals surface area contributed by atoms with E-state index in [0.29, 0.717) is 6.42 Å². The van der Waals surface area contributed by atoms with Gasteiger partial charge in [-0.1, -0.05) is 20.3 Å². The van der Waals surface area contributed by atoms with Gasteiger partial charge in [-0.3, -0.25) is 4.79 Å². The van der Waals surface area contributed by atoms with E-state index in [9.17, 15) is 18.0 Å². The summed E-state index contributed by atoms with van der Waals surface area (Å²) in [6, 6.07) is -1.62. The molecule has 0 bridgehead atoms. The molecule has 1 saturated heterocycles. The molecule has 0 aliphatic carbocycles. The third kappa shape index (κ3) is 4.48. The Labute approximate surface area is 106 Å². The number of rotatable bonds is 4. The Hall–Kier alpha value is -0.780. The number of carbonyl (C=O) groups is 1. The summed E-state index contributed by atoms with van der Waals surface area (Å²) in [6.07, 6.45) is -2.06. The van der Waals surface area contributed by atoms with Crippen molar-refractivity contribution in [2.24, 2.45) is 5.92 Å². The van der Waals surface area contributed by atoms with Gasteiger partial charge in [-0.05, 0) is 19.3 Å². The third-order valence-corrected chi connectivity index (χ3v) is 3.33. The Morgan fingerprint density at radius 3 is 2.56 bits per heavy atom. The van der Waals surface area contributed by atoms with Crippen molar-refractivity contribution >= 4 is 5.91 Å². The van der Waals surface area contributed by atoms with E-state index in [1.807, 2.05) is 13.8 Å². The summed E-state index contributed by atoms with van der Waals surface area (Å²) in [4.78, 5) is 11.7. The topological polar surface area (TPSA) is 41.1 Å². The van der Waals surface area contributed by atoms with Crippen LogP contribution in [0.1, 0.15) is 39.5 Å². The fraction of sp³-hybridized carbons (Fsp3) is 0.917. The van der Waals surface area contributed by atoms with Crippen LogP contribution >= 0.6 is 0 Å². The van der Waals surface area contributed by atoms with E-state index >= 15 is 0 Å². The molecule has 3 unspecified atom stereocenters. The normalized spacial score (nSPS) is 26.7. The maximum absolute atomic E-state index is 12.4. The molecule has 1 fully saturated rings. The summed E-state index contributed by atoms with van der Waals surface area (Å²) in [7, 11) is 0. The summed E-state index contributed by atoms with van der Waals surface area (Å²) in [5.41, 5.74) is 0. The van der Waals surface area contributed by atoms with Crippen LogP contribution in [-0.2, 0) is 4.79 Å². The van der Waals surface area contributed by atoms with Crippen molar-refractivity contribution in [1.82, 2.24) is 10.6 Å². The Bertz CT molecular complexity index is 273. The minimum absolute atomic E-state index is 0.0244. The highest BCUT2D eigenvalue weighted by atomic mass is 19.4. The molecule has 106 valence electrons. The minimum Gasteiger partial charge on any atom is -0.352 e. The van der Waals surface area contributed by atoms with E-state index in [4.69, 9.17) is 0 Å². The number of nitrogens with one attached hydrogen (secondary N) is 2. The van der Waals surface area contributed by atoms with Crippen molar-refractivity contribution in [3.05, 3.63) is 0 Å². The average Bonchev–Trinajstić information content (AvgIpc) is 2.28. The standard InChI is InChI=1S/C12H21F3N2O/c1-3-4-8(2)11(18)17-9-5-6-10(16-7-9)12(13,14)15/h8-10,16H,3-7H2,1-2H3,(H,17,18). The second-order valence-electron chi connectivity index (χ2n) is 4.98. The number of amides is 1. The largest absolute Gasteiger partial charge is 0.403 e. The van der Waals surface area contributed by atoms with Gasteiger partial charge >= 0.3 is 6.18 Å². The number of piperidine rings is 1. The molecule has 0 saturated carbocycles. The van der Waals surface area contributed by atoms with E-state index < -0.39 is 12.2 Å². The lowest BCUT2D eigenvalue weighted by molar-refractivity contribution is -0.161. The molecule has 2 N–H and O–H groups in total. The highest BCUT2D eigenvalue weighted by molar-refractivity contribution is 5.78. The van der Waals surface area contributed by atoms with Gasteiger partial charge < -0.3 is 10.6 Å². The molecule has 0 aromatic heterocycles. The van der Waals surface area contributed by atoms with Crippen molar-refractivity contribution in [3.63, 3.8) is 0 Å². The van der Waals surface area contributed by atoms with E-state index in [0.717, 1.165) is 12.8 Å². The summed E-state index contributed by atoms with van der Waals surface area (Å²) in [5, 5.41) is 5.25. The predicted octanol–water partition coefficient (Wildman–Crippen LogP) is 2.22. The smallest absolute Gasteiger partial charge is 0.352 e. The molecular formula is C12H21F3N2O. The maximum atomic E-state index is 12.4. The first-order valence-electron chi connectivity index (χ1n) is 6.45. The molecule has 6 heteroatoms. The summed E-state index contributed by atoms with van der Waals surface area (Å²) in [5.74, 6) is -0.135. The van der Waals surface area contributed by atoms with Gasteiger partial charge in [0.1, 0.15) is 6.04 Å². The SMILES string of the molecule is CCCC(C)C(=O)NC1CCC(C(F)(F)F)NC1. The van der Waals surface area contributed by atoms with Crippen LogP contribution in [0.2, 0.25) is 0 Å². The summed E-state index contributed by atoms with van der Waals surface area (Å²) >= 11 is 0. The fourth-order valence-corrected chi connectivity index (χ4v) is 2.17. The number of hydrogen-bond acceptors (Lipinski definition) is 2. The van der Waals surface area contributed by atoms with Crippen LogP contribution < -0.4 is 10.6 Å². The molecule has 3 atom stereocenters. The summed E-state index contributed by atoms with van der Waals surface area (Å²) in [6.45, 7) is 4.03. The molecule has 0 aromatic carbocycles. The number of halogens is 3. The average molecular weight is 266 g/mol. The van der Waals surface area contributed by atoms with Gasteiger partial charge in [0, 0.05) is 18.5 Å². The highest BCUT2D eigenvalue weighted by Gasteiger charge is 2.41. The van der Waals surface area contributed by atoms with Crippen LogP contribution in [-0.4, -0.2) is 30.7 Å². The van der Waals surface area contributed by atoms with Crippen LogP contribution in [0.15, 0.2) is 0 Å². The van der Waals surface area contributed by atoms with Gasteiger partial charge in [0.25, 0.3) is 0 Å². The van der Waals surface area contributed by atoms with Crippen molar-refractivity contribution < 1.29 is 18.0 Å². The maximum Gasteiger partial charge on any atom is 0.403 e. The van der Waals surface area contributed by atoms with Crippen LogP contribution in [0.3, 0.4) is 0 Å². The van der Waals surface area contributed by atoms with E-state index in [2.05, 4.69) is 10.6 Å². The molecular weight excluding hydrogens is 245 g/mol. The molecule has 0 radical (unpaired) electrons. The van der Waals surface area contributed by atoms with Gasteiger partial charge in [-0.15, -0.1) is 0 Å². The van der Waals surface area contributed by atoms with Crippen LogP contribution in [0, 0.1) is 5.92 Å². The van der Waals surface area contributed by atoms with Gasteiger partial charge in [0.2, 0.25) is 5.91 Å². The van der Waals surface area contributed by atoms with Gasteiger partial charge in [0.15, 0.2) is 0 Å². The van der Waals surface area contributed by atoms with Crippen LogP contribution in [0.4, 0.5) is 13.2 Å². The monoisotopic (exact) mass is 266 g/mol. The van der Waals surface area contributed by atoms with Crippen molar-refractivity contribution in [1.29, 1.82) is 0 Å². The Balaban J connectivity index is 2.33. The van der Waals surface area contributed by atoms with E-state index in [1.54, 1.807) is 0 Å². The molecule has 0 spiro atoms. The molecule has 1 heterocycles. The zero-order chi connectivity index (χ0) is 13.8. The molecule has 1 amide bonds. The Morgan fingerprint density at radius 1 is 1.44 bits per heavy atom. The second-order valence-corrected chi connectivity index (χ2v) is 4.98. The van der Waals surface area contributed by atoms with Gasteiger partial charge in [-0.25, -0.2) is 0 Å². The van der Waals surface area contributed by atoms with Gasteiger partial charge in [0.05, 0.1) is 0 Å². The zero-order valence-corrected chi connectivity index (χ0v) is 10.8. The number of alkyl halides is 3. The Morgan fingerprint density at radius 2 is 2.11 bits per heavy atom. The number of carbonyl (C=O) groups excluding carboxylic acids is 1. The van der Waals surface area contributed by atoms with Crippen molar-refractivity contribution in [3.8, 4) is 0 Å². The zero-order valence-electron chi connectivity index (χ0n) is 10.8. The van der Waals surface area contributed by atoms with Crippen molar-refractivity contribution in [2.45, 2.75) is 57.8 Å². The lowest BCUT2D eigenvalue weighted by atomic mass is 9.99. The lowest BCUT2D eigenvalue weighted by Crippen LogP contribution is -2.54. The van der Waals surface area contributed by atoms with E-state index in [-0.39, 0.29) is 30.8 Å². The molecule has 0 aromatic rings. The first-order valence-corrected chi connectivity index (χ1v) is 6.45. The Kier molecular flexibility index (Phi) is 5.44. The molecule has 1 aliphatic heterocycles. The highest BCUT2D eigenvalue weighted by Crippen LogP contribution is 2.26. The lowest BCUT2D eigenvalue weighted by Gasteiger charge is -2.32.